The van der Waals surface area contributed by atoms with Gasteiger partial charge in [0.2, 0.25) is 0 Å². The Labute approximate surface area is 121 Å². The Balaban J connectivity index is 2.64. The van der Waals surface area contributed by atoms with Gasteiger partial charge in [-0.15, -0.1) is 0 Å². The second kappa shape index (κ2) is 9.15. The van der Waals surface area contributed by atoms with Crippen LogP contribution in [0.15, 0.2) is 24.3 Å². The predicted molar refractivity (Wildman–Crippen MR) is 80.8 cm³/mol. The molecule has 0 saturated heterocycles. The van der Waals surface area contributed by atoms with Crippen LogP contribution in [0.25, 0.3) is 0 Å². The quantitative estimate of drug-likeness (QED) is 0.808. The molecule has 0 saturated carbocycles. The predicted octanol–water partition coefficient (Wildman–Crippen LogP) is 2.54. The van der Waals surface area contributed by atoms with E-state index >= 15 is 0 Å². The Bertz CT molecular complexity index is 488. The molecule has 1 aromatic rings. The lowest BCUT2D eigenvalue weighted by Crippen LogP contribution is -2.31. The Morgan fingerprint density at radius 1 is 1.20 bits per heavy atom. The summed E-state index contributed by atoms with van der Waals surface area (Å²) in [7, 11) is 0. The van der Waals surface area contributed by atoms with Gasteiger partial charge in [-0.3, -0.25) is 4.90 Å². The topological polar surface area (TPSA) is 47.3 Å². The normalized spacial score (nSPS) is 10.2. The fraction of sp³-hybridized carbons (Fsp3) is 0.471. The molecule has 106 valence electrons. The third kappa shape index (κ3) is 5.89. The molecule has 0 fully saturated rings. The van der Waals surface area contributed by atoms with E-state index in [2.05, 4.69) is 48.8 Å². The SMILES string of the molecule is CC(C)N(CCC#N)Cc1ccc(C#CCCO)cc1. The molecule has 0 heterocycles. The average Bonchev–Trinajstić information content (AvgIpc) is 2.45. The zero-order valence-electron chi connectivity index (χ0n) is 12.3. The summed E-state index contributed by atoms with van der Waals surface area (Å²) in [4.78, 5) is 2.29. The maximum Gasteiger partial charge on any atom is 0.0635 e. The Kier molecular flexibility index (Phi) is 7.43. The van der Waals surface area contributed by atoms with Gasteiger partial charge in [0.15, 0.2) is 0 Å². The second-order valence-corrected chi connectivity index (χ2v) is 4.94. The van der Waals surface area contributed by atoms with Crippen molar-refractivity contribution in [3.05, 3.63) is 35.4 Å². The highest BCUT2D eigenvalue weighted by Gasteiger charge is 2.09. The molecular formula is C17H22N2O. The molecule has 3 heteroatoms. The van der Waals surface area contributed by atoms with Crippen molar-refractivity contribution in [2.24, 2.45) is 0 Å². The van der Waals surface area contributed by atoms with Crippen LogP contribution in [-0.4, -0.2) is 29.2 Å². The number of nitriles is 1. The third-order valence-corrected chi connectivity index (χ3v) is 3.05. The van der Waals surface area contributed by atoms with Crippen molar-refractivity contribution in [2.75, 3.05) is 13.2 Å². The van der Waals surface area contributed by atoms with Crippen molar-refractivity contribution in [2.45, 2.75) is 39.3 Å². The standard InChI is InChI=1S/C17H22N2O/c1-15(2)19(12-5-11-18)14-17-9-7-16(8-10-17)6-3-4-13-20/h7-10,15,20H,4-5,12-14H2,1-2H3. The number of aliphatic hydroxyl groups is 1. The first-order valence-corrected chi connectivity index (χ1v) is 6.97. The van der Waals surface area contributed by atoms with Crippen LogP contribution in [0.2, 0.25) is 0 Å². The first-order valence-electron chi connectivity index (χ1n) is 6.97. The van der Waals surface area contributed by atoms with Crippen LogP contribution in [0, 0.1) is 23.2 Å². The summed E-state index contributed by atoms with van der Waals surface area (Å²) in [6.45, 7) is 6.04. The van der Waals surface area contributed by atoms with Crippen molar-refractivity contribution in [3.63, 3.8) is 0 Å². The van der Waals surface area contributed by atoms with Crippen molar-refractivity contribution < 1.29 is 5.11 Å². The van der Waals surface area contributed by atoms with Crippen LogP contribution < -0.4 is 0 Å². The van der Waals surface area contributed by atoms with Gasteiger partial charge in [0.05, 0.1) is 12.7 Å². The highest BCUT2D eigenvalue weighted by Crippen LogP contribution is 2.10. The molecule has 0 aliphatic rings. The monoisotopic (exact) mass is 270 g/mol. The van der Waals surface area contributed by atoms with Crippen molar-refractivity contribution >= 4 is 0 Å². The van der Waals surface area contributed by atoms with E-state index in [0.717, 1.165) is 18.7 Å². The molecule has 1 N–H and O–H groups in total. The average molecular weight is 270 g/mol. The van der Waals surface area contributed by atoms with Crippen molar-refractivity contribution in [3.8, 4) is 17.9 Å². The number of rotatable bonds is 6. The maximum absolute atomic E-state index is 8.69. The van der Waals surface area contributed by atoms with E-state index < -0.39 is 0 Å². The first-order chi connectivity index (χ1) is 9.67. The molecule has 0 amide bonds. The summed E-state index contributed by atoms with van der Waals surface area (Å²) >= 11 is 0. The molecule has 0 radical (unpaired) electrons. The lowest BCUT2D eigenvalue weighted by molar-refractivity contribution is 0.218. The van der Waals surface area contributed by atoms with E-state index in [1.807, 2.05) is 12.1 Å². The molecule has 0 atom stereocenters. The van der Waals surface area contributed by atoms with Gasteiger partial charge in [0.1, 0.15) is 0 Å². The summed E-state index contributed by atoms with van der Waals surface area (Å²) in [5.41, 5.74) is 2.19. The molecule has 0 aliphatic carbocycles. The van der Waals surface area contributed by atoms with Gasteiger partial charge in [0.25, 0.3) is 0 Å². The maximum atomic E-state index is 8.69. The first kappa shape index (κ1) is 16.2. The molecule has 0 unspecified atom stereocenters. The molecular weight excluding hydrogens is 248 g/mol. The molecule has 1 rings (SSSR count). The van der Waals surface area contributed by atoms with Gasteiger partial charge in [0, 0.05) is 37.5 Å². The van der Waals surface area contributed by atoms with Gasteiger partial charge in [-0.1, -0.05) is 24.0 Å². The highest BCUT2D eigenvalue weighted by molar-refractivity contribution is 5.36. The van der Waals surface area contributed by atoms with Crippen LogP contribution in [0.5, 0.6) is 0 Å². The van der Waals surface area contributed by atoms with E-state index in [-0.39, 0.29) is 6.61 Å². The van der Waals surface area contributed by atoms with Crippen LogP contribution in [0.4, 0.5) is 0 Å². The number of nitrogens with zero attached hydrogens (tertiary/aromatic N) is 2. The van der Waals surface area contributed by atoms with Gasteiger partial charge in [-0.25, -0.2) is 0 Å². The van der Waals surface area contributed by atoms with Crippen LogP contribution in [0.1, 0.15) is 37.8 Å². The molecule has 3 nitrogen and oxygen atoms in total. The summed E-state index contributed by atoms with van der Waals surface area (Å²) in [6.07, 6.45) is 1.07. The summed E-state index contributed by atoms with van der Waals surface area (Å²) in [5, 5.41) is 17.4. The molecule has 0 bridgehead atoms. The lowest BCUT2D eigenvalue weighted by atomic mass is 10.1. The minimum atomic E-state index is 0.104. The molecule has 0 spiro atoms. The van der Waals surface area contributed by atoms with E-state index in [9.17, 15) is 0 Å². The second-order valence-electron chi connectivity index (χ2n) is 4.94. The van der Waals surface area contributed by atoms with Crippen LogP contribution in [-0.2, 0) is 6.54 Å². The minimum absolute atomic E-state index is 0.104. The summed E-state index contributed by atoms with van der Waals surface area (Å²) < 4.78 is 0. The zero-order valence-corrected chi connectivity index (χ0v) is 12.3. The Morgan fingerprint density at radius 3 is 2.45 bits per heavy atom. The molecule has 0 aromatic heterocycles. The number of aliphatic hydroxyl groups excluding tert-OH is 1. The van der Waals surface area contributed by atoms with Gasteiger partial charge in [-0.05, 0) is 31.5 Å². The summed E-state index contributed by atoms with van der Waals surface area (Å²) in [5.74, 6) is 5.93. The summed E-state index contributed by atoms with van der Waals surface area (Å²) in [6, 6.07) is 10.8. The van der Waals surface area contributed by atoms with Crippen LogP contribution in [0.3, 0.4) is 0 Å². The van der Waals surface area contributed by atoms with Crippen LogP contribution >= 0.6 is 0 Å². The van der Waals surface area contributed by atoms with E-state index in [4.69, 9.17) is 10.4 Å². The van der Waals surface area contributed by atoms with E-state index in [1.165, 1.54) is 5.56 Å². The zero-order chi connectivity index (χ0) is 14.8. The van der Waals surface area contributed by atoms with E-state index in [1.54, 1.807) is 0 Å². The highest BCUT2D eigenvalue weighted by atomic mass is 16.2. The number of benzene rings is 1. The smallest absolute Gasteiger partial charge is 0.0635 e. The lowest BCUT2D eigenvalue weighted by Gasteiger charge is -2.25. The largest absolute Gasteiger partial charge is 0.395 e. The molecule has 0 aliphatic heterocycles. The fourth-order valence-electron chi connectivity index (χ4n) is 1.86. The number of hydrogen-bond acceptors (Lipinski definition) is 3. The van der Waals surface area contributed by atoms with Gasteiger partial charge < -0.3 is 5.11 Å². The van der Waals surface area contributed by atoms with Gasteiger partial charge >= 0.3 is 0 Å². The van der Waals surface area contributed by atoms with Crippen molar-refractivity contribution in [1.29, 1.82) is 5.26 Å². The Hall–Kier alpha value is -1.81. The molecule has 20 heavy (non-hydrogen) atoms. The van der Waals surface area contributed by atoms with Crippen molar-refractivity contribution in [1.82, 2.24) is 4.90 Å². The van der Waals surface area contributed by atoms with Gasteiger partial charge in [-0.2, -0.15) is 5.26 Å². The van der Waals surface area contributed by atoms with E-state index in [0.29, 0.717) is 18.9 Å². The third-order valence-electron chi connectivity index (χ3n) is 3.05. The Morgan fingerprint density at radius 2 is 1.90 bits per heavy atom. The fourth-order valence-corrected chi connectivity index (χ4v) is 1.86. The number of hydrogen-bond donors (Lipinski definition) is 1. The minimum Gasteiger partial charge on any atom is -0.395 e. The molecule has 1 aromatic carbocycles.